The average molecular weight is 663 g/mol. The lowest BCUT2D eigenvalue weighted by molar-refractivity contribution is -0.140. The van der Waals surface area contributed by atoms with Gasteiger partial charge >= 0.3 is 0 Å². The summed E-state index contributed by atoms with van der Waals surface area (Å²) in [6.07, 6.45) is 0.989. The molecule has 0 saturated carbocycles. The van der Waals surface area contributed by atoms with E-state index in [4.69, 9.17) is 4.74 Å². The smallest absolute Gasteiger partial charge is 0.264 e. The molecule has 0 fully saturated rings. The van der Waals surface area contributed by atoms with Gasteiger partial charge in [-0.15, -0.1) is 0 Å². The number of hydrogen-bond donors (Lipinski definition) is 1. The fourth-order valence-corrected chi connectivity index (χ4v) is 5.96. The third-order valence-electron chi connectivity index (χ3n) is 6.77. The van der Waals surface area contributed by atoms with Crippen molar-refractivity contribution < 1.29 is 27.1 Å². The summed E-state index contributed by atoms with van der Waals surface area (Å²) in [5, 5.41) is 2.93. The quantitative estimate of drug-likeness (QED) is 0.232. The van der Waals surface area contributed by atoms with Crippen LogP contribution in [-0.4, -0.2) is 50.4 Å². The molecule has 8 nitrogen and oxygen atoms in total. The van der Waals surface area contributed by atoms with Crippen molar-refractivity contribution in [3.63, 3.8) is 0 Å². The van der Waals surface area contributed by atoms with E-state index in [0.29, 0.717) is 28.8 Å². The molecule has 0 spiro atoms. The number of halogens is 2. The zero-order valence-electron chi connectivity index (χ0n) is 24.2. The van der Waals surface area contributed by atoms with E-state index in [1.807, 2.05) is 20.8 Å². The predicted molar refractivity (Wildman–Crippen MR) is 165 cm³/mol. The maximum atomic E-state index is 14.1. The molecular formula is C31H37BrFN3O5S. The molecule has 0 aliphatic rings. The van der Waals surface area contributed by atoms with E-state index in [-0.39, 0.29) is 35.5 Å². The molecule has 226 valence electrons. The Morgan fingerprint density at radius 2 is 1.55 bits per heavy atom. The van der Waals surface area contributed by atoms with Gasteiger partial charge in [-0.1, -0.05) is 41.9 Å². The molecule has 0 unspecified atom stereocenters. The lowest BCUT2D eigenvalue weighted by atomic mass is 10.1. The van der Waals surface area contributed by atoms with Crippen LogP contribution in [0.4, 0.5) is 10.1 Å². The summed E-state index contributed by atoms with van der Waals surface area (Å²) >= 11 is 3.33. The first-order chi connectivity index (χ1) is 20.0. The van der Waals surface area contributed by atoms with Gasteiger partial charge in [0.15, 0.2) is 0 Å². The van der Waals surface area contributed by atoms with Gasteiger partial charge < -0.3 is 15.0 Å². The first-order valence-electron chi connectivity index (χ1n) is 13.9. The number of hydrogen-bond acceptors (Lipinski definition) is 5. The Labute approximate surface area is 256 Å². The van der Waals surface area contributed by atoms with E-state index >= 15 is 0 Å². The Hall–Kier alpha value is -3.44. The highest BCUT2D eigenvalue weighted by Crippen LogP contribution is 2.27. The van der Waals surface area contributed by atoms with Gasteiger partial charge in [0.25, 0.3) is 10.0 Å². The molecule has 42 heavy (non-hydrogen) atoms. The molecule has 0 heterocycles. The van der Waals surface area contributed by atoms with Gasteiger partial charge in [-0.05, 0) is 92.9 Å². The largest absolute Gasteiger partial charge is 0.494 e. The third-order valence-corrected chi connectivity index (χ3v) is 9.09. The molecule has 2 amide bonds. The second kappa shape index (κ2) is 15.2. The second-order valence-corrected chi connectivity index (χ2v) is 12.6. The summed E-state index contributed by atoms with van der Waals surface area (Å²) in [6.45, 7) is 7.29. The molecule has 3 aromatic carbocycles. The summed E-state index contributed by atoms with van der Waals surface area (Å²) in [5.41, 5.74) is 0.858. The molecule has 0 aliphatic heterocycles. The summed E-state index contributed by atoms with van der Waals surface area (Å²) in [7, 11) is -4.20. The van der Waals surface area contributed by atoms with E-state index in [2.05, 4.69) is 21.2 Å². The third kappa shape index (κ3) is 8.54. The van der Waals surface area contributed by atoms with Crippen molar-refractivity contribution in [2.24, 2.45) is 0 Å². The number of benzene rings is 3. The van der Waals surface area contributed by atoms with Crippen LogP contribution in [0.1, 0.15) is 46.1 Å². The molecule has 2 atom stereocenters. The van der Waals surface area contributed by atoms with Crippen LogP contribution in [0.15, 0.2) is 82.2 Å². The lowest BCUT2D eigenvalue weighted by Crippen LogP contribution is -2.53. The van der Waals surface area contributed by atoms with Crippen molar-refractivity contribution in [2.45, 2.75) is 64.1 Å². The fourth-order valence-electron chi connectivity index (χ4n) is 4.28. The van der Waals surface area contributed by atoms with Gasteiger partial charge in [-0.25, -0.2) is 12.8 Å². The van der Waals surface area contributed by atoms with Crippen LogP contribution in [-0.2, 0) is 26.2 Å². The van der Waals surface area contributed by atoms with Crippen LogP contribution in [0.25, 0.3) is 0 Å². The standard InChI is InChI=1S/C31H37BrFN3O5S/c1-5-22(4)34-31(38)29(6-2)35(20-23-8-12-25(33)13-9-23)30(37)21-36(26-14-16-27(17-15-26)41-7-3)42(39,40)28-18-10-24(32)11-19-28/h8-19,22,29H,5-7,20-21H2,1-4H3,(H,34,38)/t22-,29+/m1/s1. The number of ether oxygens (including phenoxy) is 1. The maximum absolute atomic E-state index is 14.1. The van der Waals surface area contributed by atoms with Crippen LogP contribution in [0, 0.1) is 5.82 Å². The monoisotopic (exact) mass is 661 g/mol. The van der Waals surface area contributed by atoms with Crippen molar-refractivity contribution in [2.75, 3.05) is 17.5 Å². The molecule has 0 aliphatic carbocycles. The lowest BCUT2D eigenvalue weighted by Gasteiger charge is -2.33. The van der Waals surface area contributed by atoms with E-state index in [1.54, 1.807) is 43.3 Å². The minimum Gasteiger partial charge on any atom is -0.494 e. The predicted octanol–water partition coefficient (Wildman–Crippen LogP) is 5.90. The van der Waals surface area contributed by atoms with Crippen molar-refractivity contribution in [3.8, 4) is 5.75 Å². The Morgan fingerprint density at radius 3 is 2.10 bits per heavy atom. The Balaban J connectivity index is 2.05. The summed E-state index contributed by atoms with van der Waals surface area (Å²) in [6, 6.07) is 17.2. The Kier molecular flexibility index (Phi) is 11.9. The molecule has 0 bridgehead atoms. The highest BCUT2D eigenvalue weighted by atomic mass is 79.9. The van der Waals surface area contributed by atoms with Gasteiger partial charge in [0.05, 0.1) is 17.2 Å². The first kappa shape index (κ1) is 33.1. The van der Waals surface area contributed by atoms with Gasteiger partial charge in [0.2, 0.25) is 11.8 Å². The highest BCUT2D eigenvalue weighted by molar-refractivity contribution is 9.10. The Bertz CT molecular complexity index is 1430. The van der Waals surface area contributed by atoms with Crippen molar-refractivity contribution in [1.29, 1.82) is 0 Å². The molecule has 3 aromatic rings. The van der Waals surface area contributed by atoms with Gasteiger partial charge in [0.1, 0.15) is 24.2 Å². The van der Waals surface area contributed by atoms with E-state index in [0.717, 1.165) is 4.31 Å². The number of nitrogens with one attached hydrogen (secondary N) is 1. The van der Waals surface area contributed by atoms with Crippen LogP contribution < -0.4 is 14.4 Å². The minimum atomic E-state index is -4.20. The number of carbonyl (C=O) groups is 2. The SMILES string of the molecule is CCOc1ccc(N(CC(=O)N(Cc2ccc(F)cc2)[C@@H](CC)C(=O)N[C@H](C)CC)S(=O)(=O)c2ccc(Br)cc2)cc1. The molecule has 3 rings (SSSR count). The summed E-state index contributed by atoms with van der Waals surface area (Å²) < 4.78 is 48.8. The van der Waals surface area contributed by atoms with E-state index in [9.17, 15) is 22.4 Å². The van der Waals surface area contributed by atoms with E-state index in [1.165, 1.54) is 41.3 Å². The minimum absolute atomic E-state index is 0.000903. The van der Waals surface area contributed by atoms with Gasteiger partial charge in [-0.2, -0.15) is 0 Å². The summed E-state index contributed by atoms with van der Waals surface area (Å²) in [5.74, 6) is -0.801. The number of nitrogens with zero attached hydrogens (tertiary/aromatic N) is 2. The number of amides is 2. The average Bonchev–Trinajstić information content (AvgIpc) is 2.97. The van der Waals surface area contributed by atoms with E-state index < -0.39 is 34.3 Å². The zero-order chi connectivity index (χ0) is 30.9. The first-order valence-corrected chi connectivity index (χ1v) is 16.1. The molecule has 11 heteroatoms. The number of carbonyl (C=O) groups excluding carboxylic acids is 2. The molecule has 0 aromatic heterocycles. The maximum Gasteiger partial charge on any atom is 0.264 e. The molecule has 0 saturated heterocycles. The van der Waals surface area contributed by atoms with Crippen LogP contribution >= 0.6 is 15.9 Å². The van der Waals surface area contributed by atoms with Crippen LogP contribution in [0.3, 0.4) is 0 Å². The topological polar surface area (TPSA) is 96.0 Å². The second-order valence-electron chi connectivity index (χ2n) is 9.78. The summed E-state index contributed by atoms with van der Waals surface area (Å²) in [4.78, 5) is 28.8. The molecule has 1 N–H and O–H groups in total. The van der Waals surface area contributed by atoms with Crippen molar-refractivity contribution in [1.82, 2.24) is 10.2 Å². The number of rotatable bonds is 14. The highest BCUT2D eigenvalue weighted by Gasteiger charge is 2.34. The molecule has 0 radical (unpaired) electrons. The zero-order valence-corrected chi connectivity index (χ0v) is 26.6. The van der Waals surface area contributed by atoms with Crippen LogP contribution in [0.2, 0.25) is 0 Å². The fraction of sp³-hybridized carbons (Fsp3) is 0.355. The molecular weight excluding hydrogens is 625 g/mol. The van der Waals surface area contributed by atoms with Crippen LogP contribution in [0.5, 0.6) is 5.75 Å². The number of anilines is 1. The Morgan fingerprint density at radius 1 is 0.929 bits per heavy atom. The van der Waals surface area contributed by atoms with Crippen molar-refractivity contribution in [3.05, 3.63) is 88.6 Å². The van der Waals surface area contributed by atoms with Crippen molar-refractivity contribution >= 4 is 43.5 Å². The number of sulfonamides is 1. The van der Waals surface area contributed by atoms with Gasteiger partial charge in [0, 0.05) is 17.1 Å². The van der Waals surface area contributed by atoms with Gasteiger partial charge in [-0.3, -0.25) is 13.9 Å². The normalized spacial score (nSPS) is 12.7.